The Hall–Kier alpha value is -1.13. The second-order valence-electron chi connectivity index (χ2n) is 4.44. The lowest BCUT2D eigenvalue weighted by Crippen LogP contribution is -2.45. The van der Waals surface area contributed by atoms with Crippen LogP contribution in [-0.2, 0) is 11.3 Å². The summed E-state index contributed by atoms with van der Waals surface area (Å²) in [5.74, 6) is 0. The second-order valence-corrected chi connectivity index (χ2v) is 4.44. The van der Waals surface area contributed by atoms with Crippen molar-refractivity contribution in [3.8, 4) is 0 Å². The summed E-state index contributed by atoms with van der Waals surface area (Å²) in [6, 6.07) is 2.45. The highest BCUT2D eigenvalue weighted by atomic mass is 16.5. The Morgan fingerprint density at radius 3 is 3.12 bits per heavy atom. The molecular weight excluding hydrogens is 216 g/mol. The largest absolute Gasteiger partial charge is 0.392 e. The molecule has 2 heterocycles. The minimum atomic E-state index is 0.0381. The van der Waals surface area contributed by atoms with Crippen LogP contribution in [0, 0.1) is 6.92 Å². The molecule has 1 fully saturated rings. The third-order valence-electron chi connectivity index (χ3n) is 3.28. The lowest BCUT2D eigenvalue weighted by Gasteiger charge is -2.38. The number of aliphatic hydroxyl groups excluding tert-OH is 1. The molecule has 94 valence electrons. The standard InChI is InChI=1S/C13H20N2O2/c1-3-12-9-17-5-4-15(12)13-6-10(2)14-7-11(13)8-16/h6-7,12,16H,3-5,8-9H2,1-2H3. The van der Waals surface area contributed by atoms with E-state index in [2.05, 4.69) is 22.9 Å². The summed E-state index contributed by atoms with van der Waals surface area (Å²) in [6.45, 7) is 6.59. The van der Waals surface area contributed by atoms with Gasteiger partial charge in [0.1, 0.15) is 0 Å². The molecule has 0 bridgehead atoms. The zero-order valence-corrected chi connectivity index (χ0v) is 10.5. The van der Waals surface area contributed by atoms with E-state index >= 15 is 0 Å². The van der Waals surface area contributed by atoms with Gasteiger partial charge in [-0.05, 0) is 19.4 Å². The molecule has 1 unspecified atom stereocenters. The van der Waals surface area contributed by atoms with Gasteiger partial charge in [-0.1, -0.05) is 6.92 Å². The molecule has 0 amide bonds. The highest BCUT2D eigenvalue weighted by Gasteiger charge is 2.23. The van der Waals surface area contributed by atoms with Gasteiger partial charge in [-0.15, -0.1) is 0 Å². The van der Waals surface area contributed by atoms with Crippen molar-refractivity contribution in [1.29, 1.82) is 0 Å². The van der Waals surface area contributed by atoms with E-state index in [1.165, 1.54) is 0 Å². The Balaban J connectivity index is 2.33. The Kier molecular flexibility index (Phi) is 3.97. The molecule has 4 nitrogen and oxygen atoms in total. The fourth-order valence-corrected chi connectivity index (χ4v) is 2.27. The molecule has 0 aromatic carbocycles. The summed E-state index contributed by atoms with van der Waals surface area (Å²) in [4.78, 5) is 6.58. The SMILES string of the molecule is CCC1COCCN1c1cc(C)ncc1CO. The summed E-state index contributed by atoms with van der Waals surface area (Å²) in [5.41, 5.74) is 2.99. The van der Waals surface area contributed by atoms with E-state index < -0.39 is 0 Å². The van der Waals surface area contributed by atoms with Gasteiger partial charge in [0.05, 0.1) is 25.9 Å². The minimum Gasteiger partial charge on any atom is -0.392 e. The molecule has 4 heteroatoms. The predicted molar refractivity (Wildman–Crippen MR) is 67.1 cm³/mol. The van der Waals surface area contributed by atoms with E-state index in [1.807, 2.05) is 6.92 Å². The molecule has 0 saturated carbocycles. The van der Waals surface area contributed by atoms with Crippen LogP contribution in [0.15, 0.2) is 12.3 Å². The molecule has 1 atom stereocenters. The van der Waals surface area contributed by atoms with Crippen molar-refractivity contribution in [3.05, 3.63) is 23.5 Å². The summed E-state index contributed by atoms with van der Waals surface area (Å²) >= 11 is 0. The number of pyridine rings is 1. The molecule has 0 spiro atoms. The van der Waals surface area contributed by atoms with E-state index in [9.17, 15) is 5.11 Å². The molecule has 0 aliphatic carbocycles. The Morgan fingerprint density at radius 2 is 2.41 bits per heavy atom. The van der Waals surface area contributed by atoms with Gasteiger partial charge in [-0.25, -0.2) is 0 Å². The Labute approximate surface area is 102 Å². The minimum absolute atomic E-state index is 0.0381. The van der Waals surface area contributed by atoms with Crippen molar-refractivity contribution in [1.82, 2.24) is 4.98 Å². The predicted octanol–water partition coefficient (Wildman–Crippen LogP) is 1.50. The lowest BCUT2D eigenvalue weighted by atomic mass is 10.1. The number of rotatable bonds is 3. The topological polar surface area (TPSA) is 45.6 Å². The van der Waals surface area contributed by atoms with Crippen LogP contribution in [0.25, 0.3) is 0 Å². The lowest BCUT2D eigenvalue weighted by molar-refractivity contribution is 0.0927. The number of morpholine rings is 1. The quantitative estimate of drug-likeness (QED) is 0.864. The maximum absolute atomic E-state index is 9.40. The number of anilines is 1. The normalized spacial score (nSPS) is 20.6. The number of aryl methyl sites for hydroxylation is 1. The van der Waals surface area contributed by atoms with Crippen molar-refractivity contribution < 1.29 is 9.84 Å². The fraction of sp³-hybridized carbons (Fsp3) is 0.615. The molecule has 1 aromatic rings. The van der Waals surface area contributed by atoms with Gasteiger partial charge in [-0.2, -0.15) is 0 Å². The highest BCUT2D eigenvalue weighted by molar-refractivity contribution is 5.54. The van der Waals surface area contributed by atoms with Crippen molar-refractivity contribution in [3.63, 3.8) is 0 Å². The zero-order chi connectivity index (χ0) is 12.3. The molecule has 2 rings (SSSR count). The van der Waals surface area contributed by atoms with Gasteiger partial charge in [0.2, 0.25) is 0 Å². The van der Waals surface area contributed by atoms with Crippen molar-refractivity contribution in [2.24, 2.45) is 0 Å². The monoisotopic (exact) mass is 236 g/mol. The summed E-state index contributed by atoms with van der Waals surface area (Å²) in [6.07, 6.45) is 2.82. The maximum Gasteiger partial charge on any atom is 0.0717 e. The number of nitrogens with zero attached hydrogens (tertiary/aromatic N) is 2. The number of aliphatic hydroxyl groups is 1. The first kappa shape index (κ1) is 12.3. The van der Waals surface area contributed by atoms with Crippen LogP contribution in [-0.4, -0.2) is 35.9 Å². The number of aromatic nitrogens is 1. The van der Waals surface area contributed by atoms with E-state index in [1.54, 1.807) is 6.20 Å². The average molecular weight is 236 g/mol. The van der Waals surface area contributed by atoms with Gasteiger partial charge >= 0.3 is 0 Å². The van der Waals surface area contributed by atoms with Crippen LogP contribution >= 0.6 is 0 Å². The van der Waals surface area contributed by atoms with Gasteiger partial charge in [0.25, 0.3) is 0 Å². The van der Waals surface area contributed by atoms with E-state index in [4.69, 9.17) is 4.74 Å². The van der Waals surface area contributed by atoms with E-state index in [0.29, 0.717) is 6.04 Å². The molecular formula is C13H20N2O2. The second kappa shape index (κ2) is 5.47. The number of hydrogen-bond acceptors (Lipinski definition) is 4. The van der Waals surface area contributed by atoms with Crippen molar-refractivity contribution >= 4 is 5.69 Å². The molecule has 1 aromatic heterocycles. The Morgan fingerprint density at radius 1 is 1.59 bits per heavy atom. The van der Waals surface area contributed by atoms with E-state index in [-0.39, 0.29) is 6.61 Å². The van der Waals surface area contributed by atoms with Crippen LogP contribution in [0.4, 0.5) is 5.69 Å². The highest BCUT2D eigenvalue weighted by Crippen LogP contribution is 2.25. The third-order valence-corrected chi connectivity index (χ3v) is 3.28. The van der Waals surface area contributed by atoms with E-state index in [0.717, 1.165) is 43.1 Å². The molecule has 1 saturated heterocycles. The average Bonchev–Trinajstić information content (AvgIpc) is 2.38. The molecule has 1 aliphatic heterocycles. The van der Waals surface area contributed by atoms with Crippen molar-refractivity contribution in [2.75, 3.05) is 24.7 Å². The smallest absolute Gasteiger partial charge is 0.0717 e. The van der Waals surface area contributed by atoms with Crippen molar-refractivity contribution in [2.45, 2.75) is 32.9 Å². The maximum atomic E-state index is 9.40. The summed E-state index contributed by atoms with van der Waals surface area (Å²) in [5, 5.41) is 9.40. The van der Waals surface area contributed by atoms with Crippen LogP contribution in [0.1, 0.15) is 24.6 Å². The first-order chi connectivity index (χ1) is 8.26. The number of hydrogen-bond donors (Lipinski definition) is 1. The number of ether oxygens (including phenoxy) is 1. The first-order valence-electron chi connectivity index (χ1n) is 6.17. The first-order valence-corrected chi connectivity index (χ1v) is 6.17. The third kappa shape index (κ3) is 2.58. The van der Waals surface area contributed by atoms with Gasteiger partial charge in [-0.3, -0.25) is 4.98 Å². The molecule has 0 radical (unpaired) electrons. The van der Waals surface area contributed by atoms with Crippen LogP contribution in [0.3, 0.4) is 0 Å². The van der Waals surface area contributed by atoms with Gasteiger partial charge in [0, 0.05) is 29.7 Å². The summed E-state index contributed by atoms with van der Waals surface area (Å²) < 4.78 is 5.51. The van der Waals surface area contributed by atoms with Crippen LogP contribution < -0.4 is 4.90 Å². The fourth-order valence-electron chi connectivity index (χ4n) is 2.27. The van der Waals surface area contributed by atoms with Gasteiger partial charge in [0.15, 0.2) is 0 Å². The molecule has 1 N–H and O–H groups in total. The molecule has 17 heavy (non-hydrogen) atoms. The van der Waals surface area contributed by atoms with Gasteiger partial charge < -0.3 is 14.7 Å². The van der Waals surface area contributed by atoms with Crippen LogP contribution in [0.5, 0.6) is 0 Å². The Bertz CT molecular complexity index is 382. The zero-order valence-electron chi connectivity index (χ0n) is 10.5. The van der Waals surface area contributed by atoms with Crippen LogP contribution in [0.2, 0.25) is 0 Å². The summed E-state index contributed by atoms with van der Waals surface area (Å²) in [7, 11) is 0. The molecule has 1 aliphatic rings.